The summed E-state index contributed by atoms with van der Waals surface area (Å²) in [5.74, 6) is -2.76. The molecule has 3 aromatic heterocycles. The lowest BCUT2D eigenvalue weighted by molar-refractivity contribution is -0.282. The highest BCUT2D eigenvalue weighted by molar-refractivity contribution is 7.98. The molecule has 1 aliphatic rings. The van der Waals surface area contributed by atoms with Crippen LogP contribution in [0.5, 0.6) is 0 Å². The first-order chi connectivity index (χ1) is 17.4. The van der Waals surface area contributed by atoms with Crippen molar-refractivity contribution in [3.8, 4) is 10.6 Å². The molecule has 1 fully saturated rings. The minimum atomic E-state index is -2.48. The van der Waals surface area contributed by atoms with Crippen molar-refractivity contribution in [2.45, 2.75) is 35.9 Å². The largest absolute Gasteiger partial charge is 0.387 e. The standard InChI is InChI=1S/C22H23N7O5S2/c1-23-19(32)15-14(30)16(31)22(33,34-15)29-10-26-13-17(27-21(35-2)28-18(13)29)25-9-11-4-3-5-12(8-11)20-24-6-7-36-20/h3-8,10,14-16,30-31,33H,9H2,1-2H3,(H,23,32)(H,25,27,28)/t14-,15+,16-,22+/m1/s1. The third kappa shape index (κ3) is 4.21. The molecule has 0 saturated carbocycles. The molecule has 14 heteroatoms. The number of ether oxygens (including phenoxy) is 1. The Kier molecular flexibility index (Phi) is 6.63. The fourth-order valence-electron chi connectivity index (χ4n) is 3.96. The quantitative estimate of drug-likeness (QED) is 0.169. The van der Waals surface area contributed by atoms with E-state index < -0.39 is 30.1 Å². The lowest BCUT2D eigenvalue weighted by Crippen LogP contribution is -2.45. The van der Waals surface area contributed by atoms with Gasteiger partial charge in [0, 0.05) is 30.7 Å². The lowest BCUT2D eigenvalue weighted by atomic mass is 10.1. The Morgan fingerprint density at radius 2 is 2.14 bits per heavy atom. The van der Waals surface area contributed by atoms with Gasteiger partial charge in [0.1, 0.15) is 17.4 Å². The van der Waals surface area contributed by atoms with Crippen LogP contribution in [0.15, 0.2) is 47.3 Å². The number of hydrogen-bond donors (Lipinski definition) is 5. The van der Waals surface area contributed by atoms with Crippen LogP contribution in [0.1, 0.15) is 5.56 Å². The zero-order valence-corrected chi connectivity index (χ0v) is 20.8. The van der Waals surface area contributed by atoms with Gasteiger partial charge in [-0.3, -0.25) is 9.36 Å². The van der Waals surface area contributed by atoms with Crippen molar-refractivity contribution < 1.29 is 24.9 Å². The Labute approximate surface area is 213 Å². The number of carbonyl (C=O) groups excluding carboxylic acids is 1. The van der Waals surface area contributed by atoms with Gasteiger partial charge in [-0.05, 0) is 17.9 Å². The predicted octanol–water partition coefficient (Wildman–Crippen LogP) is 0.753. The number of amides is 1. The number of aromatic nitrogens is 5. The van der Waals surface area contributed by atoms with Gasteiger partial charge in [-0.1, -0.05) is 30.0 Å². The third-order valence-electron chi connectivity index (χ3n) is 5.79. The molecule has 0 unspecified atom stereocenters. The molecule has 188 valence electrons. The predicted molar refractivity (Wildman–Crippen MR) is 133 cm³/mol. The molecule has 0 aliphatic carbocycles. The number of carbonyl (C=O) groups is 1. The zero-order valence-electron chi connectivity index (χ0n) is 19.2. The fourth-order valence-corrected chi connectivity index (χ4v) is 4.96. The summed E-state index contributed by atoms with van der Waals surface area (Å²) in [5.41, 5.74) is 2.46. The molecule has 4 heterocycles. The number of thioether (sulfide) groups is 1. The molecule has 1 aromatic carbocycles. The summed E-state index contributed by atoms with van der Waals surface area (Å²) in [4.78, 5) is 29.7. The van der Waals surface area contributed by atoms with E-state index in [0.29, 0.717) is 23.0 Å². The number of nitrogens with one attached hydrogen (secondary N) is 2. The first-order valence-corrected chi connectivity index (χ1v) is 13.0. The Balaban J connectivity index is 1.47. The molecule has 5 rings (SSSR count). The van der Waals surface area contributed by atoms with E-state index in [-0.39, 0.29) is 5.65 Å². The Hall–Kier alpha value is -3.14. The molecule has 0 spiro atoms. The topological polar surface area (TPSA) is 168 Å². The van der Waals surface area contributed by atoms with Gasteiger partial charge in [0.25, 0.3) is 11.8 Å². The molecular weight excluding hydrogens is 506 g/mol. The normalized spacial score (nSPS) is 23.8. The number of hydrogen-bond acceptors (Lipinski definition) is 12. The highest BCUT2D eigenvalue weighted by Gasteiger charge is 2.58. The van der Waals surface area contributed by atoms with Crippen LogP contribution in [0.2, 0.25) is 0 Å². The first kappa shape index (κ1) is 24.5. The molecule has 1 aliphatic heterocycles. The highest BCUT2D eigenvalue weighted by atomic mass is 32.2. The van der Waals surface area contributed by atoms with Crippen molar-refractivity contribution in [3.05, 3.63) is 47.7 Å². The van der Waals surface area contributed by atoms with Crippen LogP contribution in [0.4, 0.5) is 5.82 Å². The summed E-state index contributed by atoms with van der Waals surface area (Å²) in [6, 6.07) is 7.95. The van der Waals surface area contributed by atoms with Crippen molar-refractivity contribution in [2.24, 2.45) is 0 Å². The van der Waals surface area contributed by atoms with Crippen LogP contribution >= 0.6 is 23.1 Å². The van der Waals surface area contributed by atoms with Gasteiger partial charge in [-0.15, -0.1) is 11.3 Å². The highest BCUT2D eigenvalue weighted by Crippen LogP contribution is 2.36. The smallest absolute Gasteiger partial charge is 0.286 e. The van der Waals surface area contributed by atoms with E-state index >= 15 is 0 Å². The second-order valence-electron chi connectivity index (χ2n) is 7.98. The van der Waals surface area contributed by atoms with E-state index in [0.717, 1.165) is 20.7 Å². The molecule has 1 amide bonds. The molecule has 4 aromatic rings. The number of aliphatic hydroxyl groups excluding tert-OH is 2. The number of anilines is 1. The van der Waals surface area contributed by atoms with Gasteiger partial charge in [0.2, 0.25) is 0 Å². The molecule has 1 saturated heterocycles. The van der Waals surface area contributed by atoms with Gasteiger partial charge in [-0.2, -0.15) is 0 Å². The Morgan fingerprint density at radius 3 is 2.86 bits per heavy atom. The van der Waals surface area contributed by atoms with Crippen molar-refractivity contribution in [1.82, 2.24) is 29.8 Å². The number of likely N-dealkylation sites (N-methyl/N-ethyl adjacent to an activating group) is 1. The average Bonchev–Trinajstić information content (AvgIpc) is 3.64. The number of imidazole rings is 1. The average molecular weight is 530 g/mol. The molecule has 5 N–H and O–H groups in total. The molecule has 4 atom stereocenters. The summed E-state index contributed by atoms with van der Waals surface area (Å²) in [5, 5.41) is 41.0. The number of benzene rings is 1. The number of rotatable bonds is 7. The van der Waals surface area contributed by atoms with Crippen molar-refractivity contribution in [2.75, 3.05) is 18.6 Å². The minimum absolute atomic E-state index is 0.152. The van der Waals surface area contributed by atoms with Crippen molar-refractivity contribution >= 4 is 46.0 Å². The van der Waals surface area contributed by atoms with Crippen molar-refractivity contribution in [1.29, 1.82) is 0 Å². The van der Waals surface area contributed by atoms with E-state index in [2.05, 4.69) is 30.6 Å². The van der Waals surface area contributed by atoms with Crippen molar-refractivity contribution in [3.63, 3.8) is 0 Å². The van der Waals surface area contributed by atoms with E-state index in [9.17, 15) is 20.1 Å². The summed E-state index contributed by atoms with van der Waals surface area (Å²) in [6.07, 6.45) is -0.217. The molecule has 12 nitrogen and oxygen atoms in total. The maximum atomic E-state index is 12.1. The molecule has 0 bridgehead atoms. The Bertz CT molecular complexity index is 1400. The minimum Gasteiger partial charge on any atom is -0.387 e. The SMILES string of the molecule is CNC(=O)[C@H]1O[C@](O)(n2cnc3c(NCc4cccc(-c5nccs5)c4)nc(SC)nc32)[C@H](O)[C@@H]1O. The van der Waals surface area contributed by atoms with Gasteiger partial charge in [-0.25, -0.2) is 19.9 Å². The summed E-state index contributed by atoms with van der Waals surface area (Å²) < 4.78 is 6.54. The number of thiazole rings is 1. The van der Waals surface area contributed by atoms with Gasteiger partial charge >= 0.3 is 0 Å². The van der Waals surface area contributed by atoms with E-state index in [1.165, 1.54) is 25.1 Å². The van der Waals surface area contributed by atoms with Gasteiger partial charge < -0.3 is 30.7 Å². The second kappa shape index (κ2) is 9.72. The maximum absolute atomic E-state index is 12.1. The zero-order chi connectivity index (χ0) is 25.4. The van der Waals surface area contributed by atoms with Crippen LogP contribution < -0.4 is 10.6 Å². The number of aliphatic hydroxyl groups is 3. The van der Waals surface area contributed by atoms with Crippen LogP contribution in [0.3, 0.4) is 0 Å². The van der Waals surface area contributed by atoms with Crippen LogP contribution in [0.25, 0.3) is 21.7 Å². The molecule has 36 heavy (non-hydrogen) atoms. The fraction of sp³-hybridized carbons (Fsp3) is 0.318. The van der Waals surface area contributed by atoms with Crippen LogP contribution in [-0.4, -0.2) is 77.3 Å². The van der Waals surface area contributed by atoms with Crippen LogP contribution in [-0.2, 0) is 22.0 Å². The molecule has 0 radical (unpaired) electrons. The molecular formula is C22H23N7O5S2. The monoisotopic (exact) mass is 529 g/mol. The summed E-state index contributed by atoms with van der Waals surface area (Å²) in [7, 11) is 1.36. The number of nitrogens with zero attached hydrogens (tertiary/aromatic N) is 5. The Morgan fingerprint density at radius 1 is 1.31 bits per heavy atom. The van der Waals surface area contributed by atoms with E-state index in [1.54, 1.807) is 23.8 Å². The van der Waals surface area contributed by atoms with Gasteiger partial charge in [0.05, 0.1) is 0 Å². The van der Waals surface area contributed by atoms with Gasteiger partial charge in [0.15, 0.2) is 34.3 Å². The lowest BCUT2D eigenvalue weighted by Gasteiger charge is -2.27. The third-order valence-corrected chi connectivity index (χ3v) is 7.16. The number of fused-ring (bicyclic) bond motifs is 1. The van der Waals surface area contributed by atoms with E-state index in [1.807, 2.05) is 29.6 Å². The summed E-state index contributed by atoms with van der Waals surface area (Å²) in [6.45, 7) is 0.423. The summed E-state index contributed by atoms with van der Waals surface area (Å²) >= 11 is 2.83. The van der Waals surface area contributed by atoms with E-state index in [4.69, 9.17) is 4.74 Å². The van der Waals surface area contributed by atoms with Crippen LogP contribution in [0, 0.1) is 0 Å². The first-order valence-electron chi connectivity index (χ1n) is 10.9. The maximum Gasteiger partial charge on any atom is 0.286 e. The second-order valence-corrected chi connectivity index (χ2v) is 9.65.